The second-order valence-electron chi connectivity index (χ2n) is 5.55. The van der Waals surface area contributed by atoms with Gasteiger partial charge in [-0.25, -0.2) is 0 Å². The van der Waals surface area contributed by atoms with Crippen molar-refractivity contribution in [3.05, 3.63) is 64.7 Å². The molecule has 0 aromatic heterocycles. The summed E-state index contributed by atoms with van der Waals surface area (Å²) in [6, 6.07) is 13.8. The molecule has 2 aromatic carbocycles. The van der Waals surface area contributed by atoms with Gasteiger partial charge in [0.25, 0.3) is 0 Å². The molecule has 0 spiro atoms. The molecule has 0 saturated heterocycles. The number of hydrogen-bond acceptors (Lipinski definition) is 5. The molecule has 7 heteroatoms. The SMILES string of the molecule is CCCCOC(=O)C(C(=O)c1c(Cl)cccc1OC)c1ccccc1.O=[PH3]. The number of carbonyl (C=O) groups is 2. The standard InChI is InChI=1S/C20H21ClO4.H3OP/c1-3-4-13-25-20(23)17(14-9-6-5-7-10-14)19(22)18-15(21)11-8-12-16(18)24-2;1-2/h5-12,17H,3-4,13H2,1-2H3;2H3. The average Bonchev–Trinajstić information content (AvgIpc) is 2.70. The van der Waals surface area contributed by atoms with Crippen molar-refractivity contribution >= 4 is 32.5 Å². The van der Waals surface area contributed by atoms with Crippen molar-refractivity contribution in [1.29, 1.82) is 0 Å². The van der Waals surface area contributed by atoms with Crippen molar-refractivity contribution in [3.8, 4) is 5.75 Å². The quantitative estimate of drug-likeness (QED) is 0.209. The molecule has 0 fully saturated rings. The number of halogens is 1. The fourth-order valence-corrected chi connectivity index (χ4v) is 2.76. The normalized spacial score (nSPS) is 11.1. The lowest BCUT2D eigenvalue weighted by molar-refractivity contribution is -0.144. The zero-order chi connectivity index (χ0) is 20.2. The molecule has 0 heterocycles. The lowest BCUT2D eigenvalue weighted by Gasteiger charge is -2.18. The van der Waals surface area contributed by atoms with Gasteiger partial charge in [0.05, 0.1) is 33.4 Å². The summed E-state index contributed by atoms with van der Waals surface area (Å²) >= 11 is 6.21. The van der Waals surface area contributed by atoms with E-state index in [4.69, 9.17) is 25.6 Å². The smallest absolute Gasteiger partial charge is 0.321 e. The van der Waals surface area contributed by atoms with Crippen LogP contribution in [-0.4, -0.2) is 25.5 Å². The molecule has 0 amide bonds. The van der Waals surface area contributed by atoms with Crippen LogP contribution in [0.1, 0.15) is 41.6 Å². The highest BCUT2D eigenvalue weighted by Crippen LogP contribution is 2.32. The number of methoxy groups -OCH3 is 1. The van der Waals surface area contributed by atoms with E-state index in [2.05, 4.69) is 0 Å². The summed E-state index contributed by atoms with van der Waals surface area (Å²) in [6.07, 6.45) is 1.65. The van der Waals surface area contributed by atoms with Crippen molar-refractivity contribution in [3.63, 3.8) is 0 Å². The Labute approximate surface area is 166 Å². The molecule has 0 aliphatic rings. The number of ether oxygens (including phenoxy) is 2. The number of carbonyl (C=O) groups excluding carboxylic acids is 2. The van der Waals surface area contributed by atoms with E-state index in [0.717, 1.165) is 12.8 Å². The Hall–Kier alpha value is -2.10. The molecule has 2 unspecified atom stereocenters. The lowest BCUT2D eigenvalue weighted by atomic mass is 9.90. The van der Waals surface area contributed by atoms with Crippen molar-refractivity contribution in [2.75, 3.05) is 13.7 Å². The second kappa shape index (κ2) is 12.3. The highest BCUT2D eigenvalue weighted by molar-refractivity contribution is 7.00. The number of benzene rings is 2. The van der Waals surface area contributed by atoms with Crippen LogP contribution < -0.4 is 4.74 Å². The lowest BCUT2D eigenvalue weighted by Crippen LogP contribution is -2.25. The maximum atomic E-state index is 13.2. The molecule has 0 aliphatic carbocycles. The number of rotatable bonds is 8. The predicted molar refractivity (Wildman–Crippen MR) is 109 cm³/mol. The number of ketones is 1. The zero-order valence-electron chi connectivity index (χ0n) is 15.4. The second-order valence-corrected chi connectivity index (χ2v) is 5.95. The minimum absolute atomic E-state index is 0.188. The predicted octanol–water partition coefficient (Wildman–Crippen LogP) is 4.60. The molecule has 146 valence electrons. The van der Waals surface area contributed by atoms with Gasteiger partial charge in [-0.05, 0) is 24.1 Å². The molecule has 2 aromatic rings. The van der Waals surface area contributed by atoms with Gasteiger partial charge in [0, 0.05) is 0 Å². The van der Waals surface area contributed by atoms with Crippen LogP contribution >= 0.6 is 20.7 Å². The molecule has 0 N–H and O–H groups in total. The first-order valence-corrected chi connectivity index (χ1v) is 9.42. The van der Waals surface area contributed by atoms with Crippen molar-refractivity contribution in [2.45, 2.75) is 25.7 Å². The third kappa shape index (κ3) is 6.23. The maximum absolute atomic E-state index is 13.2. The van der Waals surface area contributed by atoms with Crippen LogP contribution in [0, 0.1) is 0 Å². The van der Waals surface area contributed by atoms with Crippen LogP contribution in [0.15, 0.2) is 48.5 Å². The number of esters is 1. The topological polar surface area (TPSA) is 69.7 Å². The van der Waals surface area contributed by atoms with Crippen LogP contribution in [0.25, 0.3) is 0 Å². The van der Waals surface area contributed by atoms with Crippen LogP contribution in [0.3, 0.4) is 0 Å². The summed E-state index contributed by atoms with van der Waals surface area (Å²) in [6.45, 7) is 2.29. The zero-order valence-corrected chi connectivity index (χ0v) is 17.6. The monoisotopic (exact) mass is 410 g/mol. The van der Waals surface area contributed by atoms with Gasteiger partial charge >= 0.3 is 5.97 Å². The number of unbranched alkanes of at least 4 members (excludes halogenated alkanes) is 1. The summed E-state index contributed by atoms with van der Waals surface area (Å²) in [5.41, 5.74) is 0.754. The van der Waals surface area contributed by atoms with E-state index in [1.54, 1.807) is 42.5 Å². The Morgan fingerprint density at radius 1 is 1.07 bits per heavy atom. The first-order chi connectivity index (χ1) is 13.1. The van der Waals surface area contributed by atoms with E-state index in [9.17, 15) is 9.59 Å². The molecule has 27 heavy (non-hydrogen) atoms. The van der Waals surface area contributed by atoms with Crippen LogP contribution in [0.5, 0.6) is 5.75 Å². The molecular formula is C20H24ClO5P. The van der Waals surface area contributed by atoms with E-state index >= 15 is 0 Å². The Bertz CT molecular complexity index is 751. The molecule has 0 saturated carbocycles. The van der Waals surface area contributed by atoms with Crippen molar-refractivity contribution < 1.29 is 23.6 Å². The Kier molecular flexibility index (Phi) is 10.5. The highest BCUT2D eigenvalue weighted by atomic mass is 35.5. The summed E-state index contributed by atoms with van der Waals surface area (Å²) in [4.78, 5) is 25.8. The van der Waals surface area contributed by atoms with Crippen molar-refractivity contribution in [2.24, 2.45) is 0 Å². The van der Waals surface area contributed by atoms with E-state index in [0.29, 0.717) is 20.4 Å². The minimum atomic E-state index is -1.08. The fourth-order valence-electron chi connectivity index (χ4n) is 2.50. The van der Waals surface area contributed by atoms with Gasteiger partial charge in [-0.1, -0.05) is 61.3 Å². The van der Waals surface area contributed by atoms with Gasteiger partial charge in [-0.15, -0.1) is 0 Å². The molecule has 0 aliphatic heterocycles. The Morgan fingerprint density at radius 2 is 1.74 bits per heavy atom. The van der Waals surface area contributed by atoms with Gasteiger partial charge in [-0.3, -0.25) is 9.59 Å². The molecule has 2 atom stereocenters. The number of hydrogen-bond donors (Lipinski definition) is 0. The fraction of sp³-hybridized carbons (Fsp3) is 0.300. The maximum Gasteiger partial charge on any atom is 0.321 e. The van der Waals surface area contributed by atoms with Crippen LogP contribution in [-0.2, 0) is 14.1 Å². The molecular weight excluding hydrogens is 387 g/mol. The largest absolute Gasteiger partial charge is 0.496 e. The van der Waals surface area contributed by atoms with E-state index in [1.807, 2.05) is 13.0 Å². The molecule has 5 nitrogen and oxygen atoms in total. The summed E-state index contributed by atoms with van der Waals surface area (Å²) < 4.78 is 18.8. The Morgan fingerprint density at radius 3 is 2.33 bits per heavy atom. The molecule has 0 bridgehead atoms. The van der Waals surface area contributed by atoms with Gasteiger partial charge in [-0.2, -0.15) is 0 Å². The Balaban J connectivity index is 0.00000176. The van der Waals surface area contributed by atoms with Gasteiger partial charge in [0.2, 0.25) is 0 Å². The van der Waals surface area contributed by atoms with Crippen LogP contribution in [0.4, 0.5) is 0 Å². The number of Topliss-reactive ketones (excluding diaryl/α,β-unsaturated/α-hetero) is 1. The summed E-state index contributed by atoms with van der Waals surface area (Å²) in [7, 11) is 2.07. The third-order valence-electron chi connectivity index (χ3n) is 3.81. The van der Waals surface area contributed by atoms with Gasteiger partial charge in [0.15, 0.2) is 5.78 Å². The van der Waals surface area contributed by atoms with Crippen molar-refractivity contribution in [1.82, 2.24) is 0 Å². The summed E-state index contributed by atoms with van der Waals surface area (Å²) in [5.74, 6) is -1.76. The van der Waals surface area contributed by atoms with Gasteiger partial charge in [0.1, 0.15) is 11.7 Å². The first-order valence-electron chi connectivity index (χ1n) is 8.47. The van der Waals surface area contributed by atoms with E-state index in [1.165, 1.54) is 7.11 Å². The van der Waals surface area contributed by atoms with E-state index in [-0.39, 0.29) is 17.2 Å². The molecule has 0 radical (unpaired) electrons. The third-order valence-corrected chi connectivity index (χ3v) is 4.13. The average molecular weight is 411 g/mol. The highest BCUT2D eigenvalue weighted by Gasteiger charge is 2.33. The minimum Gasteiger partial charge on any atom is -0.496 e. The first kappa shape index (κ1) is 22.9. The van der Waals surface area contributed by atoms with E-state index < -0.39 is 17.7 Å². The summed E-state index contributed by atoms with van der Waals surface area (Å²) in [5, 5.41) is 0.242. The molecule has 2 rings (SSSR count). The van der Waals surface area contributed by atoms with Gasteiger partial charge < -0.3 is 14.0 Å². The van der Waals surface area contributed by atoms with Crippen LogP contribution in [0.2, 0.25) is 5.02 Å².